The Morgan fingerprint density at radius 2 is 1.62 bits per heavy atom. The Morgan fingerprint density at radius 1 is 1.00 bits per heavy atom. The van der Waals surface area contributed by atoms with Gasteiger partial charge in [-0.1, -0.05) is 36.4 Å². The predicted octanol–water partition coefficient (Wildman–Crippen LogP) is 4.12. The van der Waals surface area contributed by atoms with E-state index in [1.807, 2.05) is 19.1 Å². The Hall–Kier alpha value is -1.50. The van der Waals surface area contributed by atoms with Crippen molar-refractivity contribution in [2.45, 2.75) is 20.8 Å². The number of hydrogen-bond acceptors (Lipinski definition) is 1. The van der Waals surface area contributed by atoms with Gasteiger partial charge in [-0.05, 0) is 38.5 Å². The molecular formula is C15H21N. The molecule has 0 spiro atoms. The fraction of sp³-hybridized carbons (Fsp3) is 0.333. The van der Waals surface area contributed by atoms with Gasteiger partial charge in [-0.3, -0.25) is 0 Å². The highest BCUT2D eigenvalue weighted by Gasteiger charge is 1.99. The van der Waals surface area contributed by atoms with Crippen molar-refractivity contribution in [1.82, 2.24) is 0 Å². The maximum atomic E-state index is 2.35. The summed E-state index contributed by atoms with van der Waals surface area (Å²) >= 11 is 0. The van der Waals surface area contributed by atoms with E-state index in [0.29, 0.717) is 0 Å². The minimum atomic E-state index is 1.06. The molecule has 0 radical (unpaired) electrons. The second-order valence-corrected chi connectivity index (χ2v) is 3.65. The van der Waals surface area contributed by atoms with E-state index in [0.717, 1.165) is 13.1 Å². The van der Waals surface area contributed by atoms with Gasteiger partial charge in [0, 0.05) is 18.8 Å². The summed E-state index contributed by atoms with van der Waals surface area (Å²) in [4.78, 5) is 2.35. The Kier molecular flexibility index (Phi) is 5.41. The zero-order chi connectivity index (χ0) is 11.8. The van der Waals surface area contributed by atoms with Crippen molar-refractivity contribution < 1.29 is 0 Å². The summed E-state index contributed by atoms with van der Waals surface area (Å²) in [5.74, 6) is 0. The summed E-state index contributed by atoms with van der Waals surface area (Å²) < 4.78 is 0. The Bertz CT molecular complexity index is 342. The molecule has 0 N–H and O–H groups in total. The van der Waals surface area contributed by atoms with E-state index in [1.165, 1.54) is 11.3 Å². The molecule has 16 heavy (non-hydrogen) atoms. The van der Waals surface area contributed by atoms with E-state index in [1.54, 1.807) is 0 Å². The minimum absolute atomic E-state index is 1.06. The van der Waals surface area contributed by atoms with E-state index < -0.39 is 0 Å². The van der Waals surface area contributed by atoms with Gasteiger partial charge in [0.25, 0.3) is 0 Å². The first-order valence-corrected chi connectivity index (χ1v) is 5.96. The van der Waals surface area contributed by atoms with Crippen LogP contribution in [0.2, 0.25) is 0 Å². The summed E-state index contributed by atoms with van der Waals surface area (Å²) in [6, 6.07) is 8.69. The average Bonchev–Trinajstić information content (AvgIpc) is 2.33. The van der Waals surface area contributed by atoms with E-state index in [2.05, 4.69) is 55.2 Å². The number of rotatable bonds is 5. The molecule has 0 fully saturated rings. The molecule has 86 valence electrons. The molecule has 1 heteroatoms. The summed E-state index contributed by atoms with van der Waals surface area (Å²) in [6.45, 7) is 8.51. The minimum Gasteiger partial charge on any atom is -0.372 e. The van der Waals surface area contributed by atoms with Crippen LogP contribution in [-0.4, -0.2) is 13.1 Å². The topological polar surface area (TPSA) is 3.24 Å². The van der Waals surface area contributed by atoms with Crippen molar-refractivity contribution in [1.29, 1.82) is 0 Å². The highest BCUT2D eigenvalue weighted by molar-refractivity contribution is 5.56. The van der Waals surface area contributed by atoms with Crippen molar-refractivity contribution in [2.24, 2.45) is 0 Å². The zero-order valence-corrected chi connectivity index (χ0v) is 10.5. The van der Waals surface area contributed by atoms with Crippen LogP contribution in [0, 0.1) is 0 Å². The molecule has 0 aliphatic heterocycles. The summed E-state index contributed by atoms with van der Waals surface area (Å²) in [5.41, 5.74) is 2.54. The van der Waals surface area contributed by atoms with Gasteiger partial charge >= 0.3 is 0 Å². The maximum Gasteiger partial charge on any atom is 0.0366 e. The summed E-state index contributed by atoms with van der Waals surface area (Å²) in [5, 5.41) is 0. The SMILES string of the molecule is C/C=C/C=C/c1ccc(N(CC)CC)cc1. The first-order valence-electron chi connectivity index (χ1n) is 5.96. The maximum absolute atomic E-state index is 2.35. The quantitative estimate of drug-likeness (QED) is 0.668. The van der Waals surface area contributed by atoms with Gasteiger partial charge in [0.2, 0.25) is 0 Å². The lowest BCUT2D eigenvalue weighted by molar-refractivity contribution is 0.866. The first kappa shape index (κ1) is 12.6. The standard InChI is InChI=1S/C15H21N/c1-4-7-8-9-14-10-12-15(13-11-14)16(5-2)6-3/h4,7-13H,5-6H2,1-3H3/b7-4+,9-8+. The Balaban J connectivity index is 2.74. The lowest BCUT2D eigenvalue weighted by Gasteiger charge is -2.20. The fourth-order valence-electron chi connectivity index (χ4n) is 1.66. The van der Waals surface area contributed by atoms with Gasteiger partial charge in [-0.25, -0.2) is 0 Å². The van der Waals surface area contributed by atoms with Crippen molar-refractivity contribution in [3.8, 4) is 0 Å². The Labute approximate surface area is 99.1 Å². The second-order valence-electron chi connectivity index (χ2n) is 3.65. The third-order valence-corrected chi connectivity index (χ3v) is 2.61. The average molecular weight is 215 g/mol. The van der Waals surface area contributed by atoms with Crippen LogP contribution in [0.25, 0.3) is 6.08 Å². The van der Waals surface area contributed by atoms with Gasteiger partial charge < -0.3 is 4.90 Å². The van der Waals surface area contributed by atoms with Crippen molar-refractivity contribution >= 4 is 11.8 Å². The smallest absolute Gasteiger partial charge is 0.0366 e. The van der Waals surface area contributed by atoms with Crippen LogP contribution < -0.4 is 4.90 Å². The van der Waals surface area contributed by atoms with Crippen molar-refractivity contribution in [3.05, 3.63) is 48.1 Å². The molecule has 0 saturated heterocycles. The lowest BCUT2D eigenvalue weighted by Crippen LogP contribution is -2.21. The van der Waals surface area contributed by atoms with Crippen LogP contribution in [0.3, 0.4) is 0 Å². The van der Waals surface area contributed by atoms with Crippen LogP contribution in [0.5, 0.6) is 0 Å². The van der Waals surface area contributed by atoms with Gasteiger partial charge in [0.1, 0.15) is 0 Å². The second kappa shape index (κ2) is 6.89. The van der Waals surface area contributed by atoms with Gasteiger partial charge in [0.05, 0.1) is 0 Å². The van der Waals surface area contributed by atoms with Gasteiger partial charge in [0.15, 0.2) is 0 Å². The molecule has 0 atom stereocenters. The number of benzene rings is 1. The van der Waals surface area contributed by atoms with Crippen LogP contribution >= 0.6 is 0 Å². The molecule has 1 aromatic carbocycles. The summed E-state index contributed by atoms with van der Waals surface area (Å²) in [7, 11) is 0. The molecule has 1 aromatic rings. The lowest BCUT2D eigenvalue weighted by atomic mass is 10.2. The van der Waals surface area contributed by atoms with Gasteiger partial charge in [-0.15, -0.1) is 0 Å². The van der Waals surface area contributed by atoms with Crippen LogP contribution in [0.4, 0.5) is 5.69 Å². The van der Waals surface area contributed by atoms with Crippen LogP contribution in [0.15, 0.2) is 42.5 Å². The van der Waals surface area contributed by atoms with E-state index in [-0.39, 0.29) is 0 Å². The molecular weight excluding hydrogens is 194 g/mol. The highest BCUT2D eigenvalue weighted by Crippen LogP contribution is 2.15. The van der Waals surface area contributed by atoms with E-state index in [9.17, 15) is 0 Å². The van der Waals surface area contributed by atoms with Gasteiger partial charge in [-0.2, -0.15) is 0 Å². The van der Waals surface area contributed by atoms with Crippen LogP contribution in [-0.2, 0) is 0 Å². The number of hydrogen-bond donors (Lipinski definition) is 0. The summed E-state index contributed by atoms with van der Waals surface area (Å²) in [6.07, 6.45) is 8.25. The molecule has 1 nitrogen and oxygen atoms in total. The molecule has 0 aromatic heterocycles. The monoisotopic (exact) mass is 215 g/mol. The van der Waals surface area contributed by atoms with Crippen molar-refractivity contribution in [3.63, 3.8) is 0 Å². The number of allylic oxidation sites excluding steroid dienone is 3. The molecule has 0 aliphatic carbocycles. The molecule has 0 bridgehead atoms. The number of nitrogens with zero attached hydrogens (tertiary/aromatic N) is 1. The third-order valence-electron chi connectivity index (χ3n) is 2.61. The molecule has 0 aliphatic rings. The Morgan fingerprint density at radius 3 is 2.12 bits per heavy atom. The normalized spacial score (nSPS) is 11.4. The molecule has 0 heterocycles. The first-order chi connectivity index (χ1) is 7.81. The molecule has 0 saturated carbocycles. The molecule has 0 unspecified atom stereocenters. The predicted molar refractivity (Wildman–Crippen MR) is 73.9 cm³/mol. The fourth-order valence-corrected chi connectivity index (χ4v) is 1.66. The molecule has 0 amide bonds. The van der Waals surface area contributed by atoms with Crippen molar-refractivity contribution in [2.75, 3.05) is 18.0 Å². The third kappa shape index (κ3) is 3.58. The van der Waals surface area contributed by atoms with Crippen LogP contribution in [0.1, 0.15) is 26.3 Å². The molecule has 1 rings (SSSR count). The highest BCUT2D eigenvalue weighted by atomic mass is 15.1. The van der Waals surface area contributed by atoms with E-state index in [4.69, 9.17) is 0 Å². The zero-order valence-electron chi connectivity index (χ0n) is 10.5. The largest absolute Gasteiger partial charge is 0.372 e. The number of anilines is 1. The van der Waals surface area contributed by atoms with E-state index >= 15 is 0 Å².